The molecule has 27 heavy (non-hydrogen) atoms. The minimum Gasteiger partial charge on any atom is -0.326 e. The van der Waals surface area contributed by atoms with Crippen molar-refractivity contribution in [3.63, 3.8) is 0 Å². The zero-order valence-corrected chi connectivity index (χ0v) is 15.9. The molecule has 2 aromatic carbocycles. The van der Waals surface area contributed by atoms with E-state index >= 15 is 0 Å². The molecule has 1 unspecified atom stereocenters. The van der Waals surface area contributed by atoms with Crippen molar-refractivity contribution in [2.75, 3.05) is 5.32 Å². The summed E-state index contributed by atoms with van der Waals surface area (Å²) in [4.78, 5) is 24.4. The largest absolute Gasteiger partial charge is 0.326 e. The number of rotatable bonds is 5. The van der Waals surface area contributed by atoms with Crippen LogP contribution in [0.2, 0.25) is 0 Å². The first kappa shape index (κ1) is 18.8. The third kappa shape index (κ3) is 5.27. The summed E-state index contributed by atoms with van der Waals surface area (Å²) in [5.41, 5.74) is 3.73. The van der Waals surface area contributed by atoms with Gasteiger partial charge in [0.25, 0.3) is 0 Å². The molecule has 1 saturated heterocycles. The van der Waals surface area contributed by atoms with Gasteiger partial charge in [-0.25, -0.2) is 0 Å². The van der Waals surface area contributed by atoms with Gasteiger partial charge in [-0.05, 0) is 36.6 Å². The van der Waals surface area contributed by atoms with Crippen LogP contribution in [0.15, 0.2) is 58.7 Å². The minimum absolute atomic E-state index is 0.0747. The van der Waals surface area contributed by atoms with Gasteiger partial charge >= 0.3 is 0 Å². The second-order valence-electron chi connectivity index (χ2n) is 6.23. The van der Waals surface area contributed by atoms with Crippen LogP contribution in [0.4, 0.5) is 5.69 Å². The van der Waals surface area contributed by atoms with Crippen LogP contribution < -0.4 is 10.6 Å². The molecular formula is C20H20N4O2S. The summed E-state index contributed by atoms with van der Waals surface area (Å²) >= 11 is 1.21. The fourth-order valence-electron chi connectivity index (χ4n) is 2.51. The van der Waals surface area contributed by atoms with E-state index in [2.05, 4.69) is 20.8 Å². The number of benzene rings is 2. The van der Waals surface area contributed by atoms with E-state index in [1.54, 1.807) is 6.21 Å². The molecule has 3 rings (SSSR count). The molecule has 1 atom stereocenters. The maximum absolute atomic E-state index is 12.3. The Balaban J connectivity index is 1.57. The molecule has 7 heteroatoms. The highest BCUT2D eigenvalue weighted by Crippen LogP contribution is 2.24. The van der Waals surface area contributed by atoms with Gasteiger partial charge in [-0.2, -0.15) is 5.10 Å². The number of anilines is 1. The van der Waals surface area contributed by atoms with Gasteiger partial charge in [-0.1, -0.05) is 54.2 Å². The van der Waals surface area contributed by atoms with E-state index < -0.39 is 5.25 Å². The summed E-state index contributed by atoms with van der Waals surface area (Å²) in [7, 11) is 0. The van der Waals surface area contributed by atoms with Crippen LogP contribution in [-0.4, -0.2) is 28.4 Å². The van der Waals surface area contributed by atoms with Gasteiger partial charge in [0.1, 0.15) is 5.25 Å². The smallest absolute Gasteiger partial charge is 0.240 e. The Kier molecular flexibility index (Phi) is 6.03. The van der Waals surface area contributed by atoms with Gasteiger partial charge in [-0.3, -0.25) is 9.59 Å². The van der Waals surface area contributed by atoms with Crippen molar-refractivity contribution in [1.29, 1.82) is 0 Å². The van der Waals surface area contributed by atoms with Gasteiger partial charge in [0.05, 0.1) is 6.21 Å². The van der Waals surface area contributed by atoms with Crippen LogP contribution in [-0.2, 0) is 9.59 Å². The average Bonchev–Trinajstić information content (AvgIpc) is 2.98. The molecule has 1 fully saturated rings. The molecule has 1 heterocycles. The maximum Gasteiger partial charge on any atom is 0.240 e. The number of carbonyl (C=O) groups is 2. The standard InChI is InChI=1S/C20H20N4O2S/c1-13-8-9-14(2)16(10-13)22-18(25)11-17-19(26)23-20(27-17)24-21-12-15-6-4-3-5-7-15/h3-10,12,17H,11H2,1-2H3,(H,22,25)(H,23,24,26)/b21-12+. The second-order valence-corrected chi connectivity index (χ2v) is 7.42. The lowest BCUT2D eigenvalue weighted by atomic mass is 10.1. The van der Waals surface area contributed by atoms with E-state index in [-0.39, 0.29) is 18.2 Å². The highest BCUT2D eigenvalue weighted by Gasteiger charge is 2.32. The Bertz CT molecular complexity index is 909. The normalized spacial score (nSPS) is 18.1. The fourth-order valence-corrected chi connectivity index (χ4v) is 3.44. The minimum atomic E-state index is -0.513. The maximum atomic E-state index is 12.3. The van der Waals surface area contributed by atoms with Gasteiger partial charge in [0.2, 0.25) is 11.8 Å². The number of amidine groups is 1. The Labute approximate surface area is 162 Å². The first-order valence-electron chi connectivity index (χ1n) is 8.52. The van der Waals surface area contributed by atoms with Crippen molar-refractivity contribution >= 4 is 40.6 Å². The molecule has 0 radical (unpaired) electrons. The number of nitrogens with zero attached hydrogens (tertiary/aromatic N) is 2. The van der Waals surface area contributed by atoms with Crippen molar-refractivity contribution in [1.82, 2.24) is 5.32 Å². The third-order valence-electron chi connectivity index (χ3n) is 3.97. The number of hydrogen-bond acceptors (Lipinski definition) is 5. The monoisotopic (exact) mass is 380 g/mol. The van der Waals surface area contributed by atoms with Crippen molar-refractivity contribution < 1.29 is 9.59 Å². The molecule has 2 amide bonds. The number of thioether (sulfide) groups is 1. The van der Waals surface area contributed by atoms with Crippen LogP contribution in [0, 0.1) is 13.8 Å². The number of nitrogens with one attached hydrogen (secondary N) is 2. The van der Waals surface area contributed by atoms with E-state index in [0.717, 1.165) is 22.4 Å². The Morgan fingerprint density at radius 1 is 1.22 bits per heavy atom. The highest BCUT2D eigenvalue weighted by atomic mass is 32.2. The number of aryl methyl sites for hydroxylation is 2. The first-order chi connectivity index (χ1) is 13.0. The van der Waals surface area contributed by atoms with Crippen LogP contribution in [0.5, 0.6) is 0 Å². The highest BCUT2D eigenvalue weighted by molar-refractivity contribution is 8.15. The van der Waals surface area contributed by atoms with E-state index in [0.29, 0.717) is 5.17 Å². The SMILES string of the molecule is Cc1ccc(C)c(NC(=O)CC2S/C(=N/N=C/c3ccccc3)NC2=O)c1. The van der Waals surface area contributed by atoms with Crippen molar-refractivity contribution in [3.05, 3.63) is 65.2 Å². The van der Waals surface area contributed by atoms with Crippen molar-refractivity contribution in [2.24, 2.45) is 10.2 Å². The van der Waals surface area contributed by atoms with Gasteiger partial charge < -0.3 is 10.6 Å². The molecular weight excluding hydrogens is 360 g/mol. The molecule has 138 valence electrons. The Morgan fingerprint density at radius 3 is 2.78 bits per heavy atom. The zero-order chi connectivity index (χ0) is 19.2. The number of amides is 2. The number of carbonyl (C=O) groups excluding carboxylic acids is 2. The topological polar surface area (TPSA) is 82.9 Å². The lowest BCUT2D eigenvalue weighted by molar-refractivity contribution is -0.122. The first-order valence-corrected chi connectivity index (χ1v) is 9.40. The van der Waals surface area contributed by atoms with E-state index in [1.807, 2.05) is 62.4 Å². The summed E-state index contributed by atoms with van der Waals surface area (Å²) < 4.78 is 0. The molecule has 0 aromatic heterocycles. The predicted octanol–water partition coefficient (Wildman–Crippen LogP) is 3.25. The summed E-state index contributed by atoms with van der Waals surface area (Å²) in [6.45, 7) is 3.90. The summed E-state index contributed by atoms with van der Waals surface area (Å²) in [5.74, 6) is -0.435. The lowest BCUT2D eigenvalue weighted by Gasteiger charge is -2.10. The molecule has 0 aliphatic carbocycles. The molecule has 0 saturated carbocycles. The van der Waals surface area contributed by atoms with Crippen LogP contribution in [0.3, 0.4) is 0 Å². The Hall–Kier alpha value is -2.93. The Morgan fingerprint density at radius 2 is 2.00 bits per heavy atom. The van der Waals surface area contributed by atoms with Crippen LogP contribution in [0.25, 0.3) is 0 Å². The van der Waals surface area contributed by atoms with E-state index in [1.165, 1.54) is 11.8 Å². The van der Waals surface area contributed by atoms with Gasteiger partial charge in [0.15, 0.2) is 5.17 Å². The molecule has 1 aliphatic rings. The molecule has 0 bridgehead atoms. The molecule has 2 N–H and O–H groups in total. The van der Waals surface area contributed by atoms with Gasteiger partial charge in [-0.15, -0.1) is 5.10 Å². The molecule has 6 nitrogen and oxygen atoms in total. The summed E-state index contributed by atoms with van der Waals surface area (Å²) in [5, 5.41) is 13.4. The zero-order valence-electron chi connectivity index (χ0n) is 15.1. The van der Waals surface area contributed by atoms with Crippen LogP contribution >= 0.6 is 11.8 Å². The quantitative estimate of drug-likeness (QED) is 0.617. The van der Waals surface area contributed by atoms with E-state index in [9.17, 15) is 9.59 Å². The summed E-state index contributed by atoms with van der Waals surface area (Å²) in [6.07, 6.45) is 1.69. The fraction of sp³-hybridized carbons (Fsp3) is 0.200. The summed E-state index contributed by atoms with van der Waals surface area (Å²) in [6, 6.07) is 15.4. The third-order valence-corrected chi connectivity index (χ3v) is 5.04. The molecule has 1 aliphatic heterocycles. The number of hydrogen-bond donors (Lipinski definition) is 2. The predicted molar refractivity (Wildman–Crippen MR) is 110 cm³/mol. The van der Waals surface area contributed by atoms with Crippen molar-refractivity contribution in [3.8, 4) is 0 Å². The van der Waals surface area contributed by atoms with Crippen LogP contribution in [0.1, 0.15) is 23.1 Å². The molecule has 2 aromatic rings. The average molecular weight is 380 g/mol. The lowest BCUT2D eigenvalue weighted by Crippen LogP contribution is -2.28. The molecule has 0 spiro atoms. The second kappa shape index (κ2) is 8.64. The van der Waals surface area contributed by atoms with Gasteiger partial charge in [0, 0.05) is 12.1 Å². The van der Waals surface area contributed by atoms with E-state index in [4.69, 9.17) is 0 Å². The van der Waals surface area contributed by atoms with Crippen molar-refractivity contribution in [2.45, 2.75) is 25.5 Å².